The van der Waals surface area contributed by atoms with E-state index in [0.717, 1.165) is 6.42 Å². The first-order valence-electron chi connectivity index (χ1n) is 7.35. The Morgan fingerprint density at radius 2 is 1.78 bits per heavy atom. The molecule has 1 fully saturated rings. The first kappa shape index (κ1) is 13.4. The van der Waals surface area contributed by atoms with Crippen LogP contribution in [0, 0.1) is 5.41 Å². The van der Waals surface area contributed by atoms with Gasteiger partial charge >= 0.3 is 0 Å². The van der Waals surface area contributed by atoms with Crippen LogP contribution in [0.4, 0.5) is 0 Å². The molecule has 18 heavy (non-hydrogen) atoms. The zero-order valence-corrected chi connectivity index (χ0v) is 12.1. The molecule has 0 aliphatic heterocycles. The molecule has 1 aromatic rings. The van der Waals surface area contributed by atoms with Gasteiger partial charge in [0.2, 0.25) is 0 Å². The van der Waals surface area contributed by atoms with E-state index in [1.165, 1.54) is 42.4 Å². The third-order valence-corrected chi connectivity index (χ3v) is 5.06. The van der Waals surface area contributed by atoms with Crippen molar-refractivity contribution in [3.8, 4) is 0 Å². The SMILES string of the molecule is C=C(C)C1(C(C)c2ccc(CC)cc2)CCCC1. The largest absolute Gasteiger partial charge is 0.0996 e. The van der Waals surface area contributed by atoms with Gasteiger partial charge in [0.1, 0.15) is 0 Å². The molecule has 0 radical (unpaired) electrons. The summed E-state index contributed by atoms with van der Waals surface area (Å²) in [6.07, 6.45) is 6.49. The number of rotatable bonds is 4. The summed E-state index contributed by atoms with van der Waals surface area (Å²) in [6, 6.07) is 9.22. The Hall–Kier alpha value is -1.04. The van der Waals surface area contributed by atoms with Crippen molar-refractivity contribution < 1.29 is 0 Å². The van der Waals surface area contributed by atoms with E-state index < -0.39 is 0 Å². The third-order valence-electron chi connectivity index (χ3n) is 5.06. The molecular weight excluding hydrogens is 216 g/mol. The van der Waals surface area contributed by atoms with Crippen molar-refractivity contribution in [3.05, 3.63) is 47.5 Å². The maximum absolute atomic E-state index is 4.29. The average molecular weight is 242 g/mol. The molecule has 0 aromatic heterocycles. The van der Waals surface area contributed by atoms with Gasteiger partial charge in [-0.3, -0.25) is 0 Å². The number of benzene rings is 1. The van der Waals surface area contributed by atoms with Gasteiger partial charge in [0.15, 0.2) is 0 Å². The zero-order chi connectivity index (χ0) is 13.2. The lowest BCUT2D eigenvalue weighted by molar-refractivity contribution is 0.304. The van der Waals surface area contributed by atoms with E-state index in [1.807, 2.05) is 0 Å². The van der Waals surface area contributed by atoms with Crippen LogP contribution in [0.3, 0.4) is 0 Å². The van der Waals surface area contributed by atoms with Gasteiger partial charge in [-0.15, -0.1) is 0 Å². The molecule has 1 aromatic carbocycles. The fraction of sp³-hybridized carbons (Fsp3) is 0.556. The molecule has 0 spiro atoms. The maximum atomic E-state index is 4.29. The van der Waals surface area contributed by atoms with Crippen LogP contribution in [0.15, 0.2) is 36.4 Å². The monoisotopic (exact) mass is 242 g/mol. The summed E-state index contributed by atoms with van der Waals surface area (Å²) in [6.45, 7) is 11.1. The Bertz CT molecular complexity index is 404. The quantitative estimate of drug-likeness (QED) is 0.612. The normalized spacial score (nSPS) is 19.7. The number of hydrogen-bond acceptors (Lipinski definition) is 0. The summed E-state index contributed by atoms with van der Waals surface area (Å²) in [4.78, 5) is 0. The number of allylic oxidation sites excluding steroid dienone is 1. The molecule has 0 saturated heterocycles. The fourth-order valence-electron chi connectivity index (χ4n) is 3.60. The van der Waals surface area contributed by atoms with Crippen LogP contribution in [0.5, 0.6) is 0 Å². The fourth-order valence-corrected chi connectivity index (χ4v) is 3.60. The molecule has 1 aliphatic carbocycles. The van der Waals surface area contributed by atoms with Gasteiger partial charge in [0.05, 0.1) is 0 Å². The summed E-state index contributed by atoms with van der Waals surface area (Å²) in [5, 5.41) is 0. The van der Waals surface area contributed by atoms with E-state index >= 15 is 0 Å². The molecule has 1 unspecified atom stereocenters. The molecule has 0 heterocycles. The Morgan fingerprint density at radius 1 is 1.22 bits per heavy atom. The van der Waals surface area contributed by atoms with E-state index in [0.29, 0.717) is 11.3 Å². The van der Waals surface area contributed by atoms with Crippen molar-refractivity contribution in [1.29, 1.82) is 0 Å². The summed E-state index contributed by atoms with van der Waals surface area (Å²) >= 11 is 0. The van der Waals surface area contributed by atoms with Crippen molar-refractivity contribution in [2.45, 2.75) is 58.8 Å². The number of hydrogen-bond donors (Lipinski definition) is 0. The van der Waals surface area contributed by atoms with Crippen LogP contribution in [0.2, 0.25) is 0 Å². The van der Waals surface area contributed by atoms with Crippen LogP contribution >= 0.6 is 0 Å². The first-order valence-corrected chi connectivity index (χ1v) is 7.35. The van der Waals surface area contributed by atoms with Crippen molar-refractivity contribution >= 4 is 0 Å². The second-order valence-electron chi connectivity index (χ2n) is 5.96. The van der Waals surface area contributed by atoms with E-state index in [9.17, 15) is 0 Å². The second kappa shape index (κ2) is 5.30. The lowest BCUT2D eigenvalue weighted by Crippen LogP contribution is -2.25. The van der Waals surface area contributed by atoms with Crippen molar-refractivity contribution in [3.63, 3.8) is 0 Å². The minimum absolute atomic E-state index is 0.355. The van der Waals surface area contributed by atoms with Gasteiger partial charge in [-0.05, 0) is 48.6 Å². The Kier molecular flexibility index (Phi) is 3.94. The Labute approximate surface area is 112 Å². The van der Waals surface area contributed by atoms with E-state index in [-0.39, 0.29) is 0 Å². The highest BCUT2D eigenvalue weighted by Gasteiger charge is 2.40. The Morgan fingerprint density at radius 3 is 2.22 bits per heavy atom. The molecule has 0 nitrogen and oxygen atoms in total. The van der Waals surface area contributed by atoms with Crippen LogP contribution in [-0.2, 0) is 6.42 Å². The summed E-state index contributed by atoms with van der Waals surface area (Å²) in [5.74, 6) is 0.600. The highest BCUT2D eigenvalue weighted by molar-refractivity contribution is 5.30. The van der Waals surface area contributed by atoms with Gasteiger partial charge in [-0.25, -0.2) is 0 Å². The van der Waals surface area contributed by atoms with Crippen LogP contribution in [0.25, 0.3) is 0 Å². The molecule has 0 bridgehead atoms. The van der Waals surface area contributed by atoms with Gasteiger partial charge in [-0.2, -0.15) is 0 Å². The summed E-state index contributed by atoms with van der Waals surface area (Å²) in [7, 11) is 0. The predicted molar refractivity (Wildman–Crippen MR) is 80.0 cm³/mol. The number of aryl methyl sites for hydroxylation is 1. The van der Waals surface area contributed by atoms with Gasteiger partial charge in [0, 0.05) is 0 Å². The van der Waals surface area contributed by atoms with Gasteiger partial charge in [0.25, 0.3) is 0 Å². The molecule has 98 valence electrons. The first-order chi connectivity index (χ1) is 8.60. The van der Waals surface area contributed by atoms with Gasteiger partial charge < -0.3 is 0 Å². The van der Waals surface area contributed by atoms with Crippen molar-refractivity contribution in [2.24, 2.45) is 5.41 Å². The highest BCUT2D eigenvalue weighted by Crippen LogP contribution is 2.52. The summed E-state index contributed by atoms with van der Waals surface area (Å²) < 4.78 is 0. The Balaban J connectivity index is 2.27. The van der Waals surface area contributed by atoms with E-state index in [4.69, 9.17) is 0 Å². The van der Waals surface area contributed by atoms with Gasteiger partial charge in [-0.1, -0.05) is 63.1 Å². The van der Waals surface area contributed by atoms with Crippen LogP contribution < -0.4 is 0 Å². The molecule has 0 heteroatoms. The maximum Gasteiger partial charge on any atom is -0.00276 e. The molecule has 1 aliphatic rings. The average Bonchev–Trinajstić information content (AvgIpc) is 2.88. The molecule has 1 atom stereocenters. The molecule has 0 N–H and O–H groups in total. The van der Waals surface area contributed by atoms with Crippen LogP contribution in [0.1, 0.15) is 63.5 Å². The van der Waals surface area contributed by atoms with Crippen LogP contribution in [-0.4, -0.2) is 0 Å². The second-order valence-corrected chi connectivity index (χ2v) is 5.96. The minimum atomic E-state index is 0.355. The summed E-state index contributed by atoms with van der Waals surface area (Å²) in [5.41, 5.74) is 4.65. The van der Waals surface area contributed by atoms with Crippen molar-refractivity contribution in [2.75, 3.05) is 0 Å². The highest BCUT2D eigenvalue weighted by atomic mass is 14.4. The molecular formula is C18H26. The predicted octanol–water partition coefficient (Wildman–Crippen LogP) is 5.49. The zero-order valence-electron chi connectivity index (χ0n) is 12.1. The van der Waals surface area contributed by atoms with Crippen molar-refractivity contribution in [1.82, 2.24) is 0 Å². The molecule has 1 saturated carbocycles. The van der Waals surface area contributed by atoms with E-state index in [2.05, 4.69) is 51.6 Å². The lowest BCUT2D eigenvalue weighted by atomic mass is 9.67. The standard InChI is InChI=1S/C18H26/c1-5-16-8-10-17(11-9-16)15(4)18(14(2)3)12-6-7-13-18/h8-11,15H,2,5-7,12-13H2,1,3-4H3. The topological polar surface area (TPSA) is 0 Å². The molecule has 0 amide bonds. The lowest BCUT2D eigenvalue weighted by Gasteiger charge is -2.37. The van der Waals surface area contributed by atoms with E-state index in [1.54, 1.807) is 0 Å². The minimum Gasteiger partial charge on any atom is -0.0996 e. The third kappa shape index (κ3) is 2.25. The smallest absolute Gasteiger partial charge is 0.00276 e. The molecule has 2 rings (SSSR count).